The van der Waals surface area contributed by atoms with Crippen LogP contribution in [0, 0.1) is 0 Å². The summed E-state index contributed by atoms with van der Waals surface area (Å²) in [7, 11) is 0. The third-order valence-electron chi connectivity index (χ3n) is 4.66. The number of carbonyl (C=O) groups is 2. The summed E-state index contributed by atoms with van der Waals surface area (Å²) in [5.74, 6) is -0.858. The molecule has 0 bridgehead atoms. The number of hydrogen-bond acceptors (Lipinski definition) is 5. The highest BCUT2D eigenvalue weighted by molar-refractivity contribution is 8.27. The Kier molecular flexibility index (Phi) is 7.29. The van der Waals surface area contributed by atoms with Crippen LogP contribution in [0.25, 0.3) is 6.08 Å². The summed E-state index contributed by atoms with van der Waals surface area (Å²) in [5.41, 5.74) is 2.60. The summed E-state index contributed by atoms with van der Waals surface area (Å²) in [6, 6.07) is 14.9. The molecule has 0 radical (unpaired) electrons. The van der Waals surface area contributed by atoms with E-state index in [0.29, 0.717) is 20.5 Å². The van der Waals surface area contributed by atoms with E-state index in [1.54, 1.807) is 30.3 Å². The molecule has 1 heterocycles. The first-order valence-electron chi connectivity index (χ1n) is 9.76. The molecule has 0 spiro atoms. The SMILES string of the molecule is CCCCc1ccc(N2C(=O)/C(=C\c3ccccc3OC(C)C(=O)O)SC2=S)cc1. The molecule has 2 aromatic carbocycles. The van der Waals surface area contributed by atoms with E-state index in [0.717, 1.165) is 24.9 Å². The van der Waals surface area contributed by atoms with E-state index in [1.807, 2.05) is 24.3 Å². The number of anilines is 1. The molecule has 3 rings (SSSR count). The summed E-state index contributed by atoms with van der Waals surface area (Å²) in [6.45, 7) is 3.62. The second-order valence-electron chi connectivity index (χ2n) is 6.92. The number of rotatable bonds is 8. The zero-order valence-electron chi connectivity index (χ0n) is 16.8. The average molecular weight is 442 g/mol. The molecule has 1 saturated heterocycles. The van der Waals surface area contributed by atoms with Gasteiger partial charge in [-0.25, -0.2) is 4.79 Å². The van der Waals surface area contributed by atoms with Gasteiger partial charge in [0, 0.05) is 5.56 Å². The Labute approximate surface area is 185 Å². The Morgan fingerprint density at radius 3 is 2.60 bits per heavy atom. The first kappa shape index (κ1) is 22.1. The molecule has 1 atom stereocenters. The molecular formula is C23H23NO4S2. The Bertz CT molecular complexity index is 985. The standard InChI is InChI=1S/C23H23NO4S2/c1-3-4-7-16-10-12-18(13-11-16)24-21(25)20(30-23(24)29)14-17-8-5-6-9-19(17)28-15(2)22(26)27/h5-6,8-15H,3-4,7H2,1-2H3,(H,26,27)/b20-14+. The number of carboxylic acid groups (broad SMARTS) is 1. The maximum Gasteiger partial charge on any atom is 0.344 e. The van der Waals surface area contributed by atoms with E-state index in [1.165, 1.54) is 29.1 Å². The van der Waals surface area contributed by atoms with Crippen molar-refractivity contribution in [2.45, 2.75) is 39.2 Å². The topological polar surface area (TPSA) is 66.8 Å². The third kappa shape index (κ3) is 5.09. The van der Waals surface area contributed by atoms with E-state index in [4.69, 9.17) is 22.1 Å². The van der Waals surface area contributed by atoms with E-state index < -0.39 is 12.1 Å². The van der Waals surface area contributed by atoms with Gasteiger partial charge in [0.25, 0.3) is 5.91 Å². The fourth-order valence-electron chi connectivity index (χ4n) is 2.97. The quantitative estimate of drug-likeness (QED) is 0.444. The van der Waals surface area contributed by atoms with Gasteiger partial charge in [0.05, 0.1) is 10.6 Å². The van der Waals surface area contributed by atoms with Crippen molar-refractivity contribution in [1.29, 1.82) is 0 Å². The number of nitrogens with zero attached hydrogens (tertiary/aromatic N) is 1. The normalized spacial score (nSPS) is 16.2. The van der Waals surface area contributed by atoms with Gasteiger partial charge in [-0.1, -0.05) is 67.7 Å². The smallest absolute Gasteiger partial charge is 0.344 e. The van der Waals surface area contributed by atoms with Gasteiger partial charge in [0.15, 0.2) is 10.4 Å². The van der Waals surface area contributed by atoms with Crippen molar-refractivity contribution in [2.24, 2.45) is 0 Å². The van der Waals surface area contributed by atoms with Crippen LogP contribution in [0.4, 0.5) is 5.69 Å². The van der Waals surface area contributed by atoms with Crippen molar-refractivity contribution in [3.63, 3.8) is 0 Å². The summed E-state index contributed by atoms with van der Waals surface area (Å²) in [6.07, 6.45) is 3.97. The maximum atomic E-state index is 13.0. The number of benzene rings is 2. The number of aliphatic carboxylic acids is 1. The highest BCUT2D eigenvalue weighted by atomic mass is 32.2. The Morgan fingerprint density at radius 1 is 1.23 bits per heavy atom. The van der Waals surface area contributed by atoms with Gasteiger partial charge in [0.2, 0.25) is 0 Å². The monoisotopic (exact) mass is 441 g/mol. The van der Waals surface area contributed by atoms with Crippen molar-refractivity contribution >= 4 is 51.9 Å². The molecule has 1 aliphatic heterocycles. The molecule has 1 unspecified atom stereocenters. The molecule has 0 aromatic heterocycles. The van der Waals surface area contributed by atoms with Crippen LogP contribution in [0.1, 0.15) is 37.8 Å². The largest absolute Gasteiger partial charge is 0.479 e. The number of carboxylic acids is 1. The van der Waals surface area contributed by atoms with E-state index >= 15 is 0 Å². The minimum Gasteiger partial charge on any atom is -0.479 e. The molecule has 1 amide bonds. The summed E-state index contributed by atoms with van der Waals surface area (Å²) in [5, 5.41) is 9.10. The van der Waals surface area contributed by atoms with Gasteiger partial charge in [-0.05, 0) is 49.6 Å². The molecule has 5 nitrogen and oxygen atoms in total. The molecule has 156 valence electrons. The van der Waals surface area contributed by atoms with Gasteiger partial charge in [0.1, 0.15) is 5.75 Å². The van der Waals surface area contributed by atoms with E-state index in [9.17, 15) is 9.59 Å². The fraction of sp³-hybridized carbons (Fsp3) is 0.261. The lowest BCUT2D eigenvalue weighted by atomic mass is 10.1. The average Bonchev–Trinajstić information content (AvgIpc) is 3.01. The zero-order valence-corrected chi connectivity index (χ0v) is 18.5. The van der Waals surface area contributed by atoms with Crippen LogP contribution in [0.2, 0.25) is 0 Å². The first-order valence-corrected chi connectivity index (χ1v) is 11.0. The van der Waals surface area contributed by atoms with E-state index in [2.05, 4.69) is 6.92 Å². The number of carbonyl (C=O) groups excluding carboxylic acids is 1. The molecule has 1 fully saturated rings. The second kappa shape index (κ2) is 9.91. The van der Waals surface area contributed by atoms with Crippen molar-refractivity contribution in [1.82, 2.24) is 0 Å². The molecule has 2 aromatic rings. The second-order valence-corrected chi connectivity index (χ2v) is 8.60. The number of thioether (sulfide) groups is 1. The molecule has 1 N–H and O–H groups in total. The van der Waals surface area contributed by atoms with Gasteiger partial charge in [-0.2, -0.15) is 0 Å². The third-order valence-corrected chi connectivity index (χ3v) is 5.97. The van der Waals surface area contributed by atoms with Gasteiger partial charge in [-0.3, -0.25) is 9.69 Å². The van der Waals surface area contributed by atoms with Crippen molar-refractivity contribution in [3.05, 3.63) is 64.6 Å². The molecule has 0 saturated carbocycles. The Hall–Kier alpha value is -2.64. The minimum absolute atomic E-state index is 0.201. The van der Waals surface area contributed by atoms with Gasteiger partial charge >= 0.3 is 5.97 Å². The molecule has 1 aliphatic rings. The van der Waals surface area contributed by atoms with Crippen LogP contribution < -0.4 is 9.64 Å². The molecular weight excluding hydrogens is 418 g/mol. The summed E-state index contributed by atoms with van der Waals surface area (Å²) in [4.78, 5) is 26.1. The summed E-state index contributed by atoms with van der Waals surface area (Å²) >= 11 is 6.67. The summed E-state index contributed by atoms with van der Waals surface area (Å²) < 4.78 is 5.99. The predicted molar refractivity (Wildman–Crippen MR) is 125 cm³/mol. The van der Waals surface area contributed by atoms with Crippen LogP contribution in [0.15, 0.2) is 53.4 Å². The molecule has 7 heteroatoms. The minimum atomic E-state index is -1.06. The lowest BCUT2D eigenvalue weighted by Gasteiger charge is -2.15. The van der Waals surface area contributed by atoms with Crippen LogP contribution in [-0.2, 0) is 16.0 Å². The first-order chi connectivity index (χ1) is 14.4. The number of para-hydroxylation sites is 1. The van der Waals surface area contributed by atoms with Crippen LogP contribution in [0.3, 0.4) is 0 Å². The predicted octanol–water partition coefficient (Wildman–Crippen LogP) is 5.29. The van der Waals surface area contributed by atoms with Crippen LogP contribution >= 0.6 is 24.0 Å². The van der Waals surface area contributed by atoms with Crippen molar-refractivity contribution < 1.29 is 19.4 Å². The van der Waals surface area contributed by atoms with E-state index in [-0.39, 0.29) is 5.91 Å². The highest BCUT2D eigenvalue weighted by Gasteiger charge is 2.33. The van der Waals surface area contributed by atoms with Gasteiger partial charge < -0.3 is 9.84 Å². The molecule has 0 aliphatic carbocycles. The lowest BCUT2D eigenvalue weighted by Crippen LogP contribution is -2.27. The molecule has 30 heavy (non-hydrogen) atoms. The van der Waals surface area contributed by atoms with Crippen molar-refractivity contribution in [3.8, 4) is 5.75 Å². The lowest BCUT2D eigenvalue weighted by molar-refractivity contribution is -0.144. The number of aryl methyl sites for hydroxylation is 1. The Morgan fingerprint density at radius 2 is 1.93 bits per heavy atom. The fourth-order valence-corrected chi connectivity index (χ4v) is 4.26. The zero-order chi connectivity index (χ0) is 21.7. The van der Waals surface area contributed by atoms with Gasteiger partial charge in [-0.15, -0.1) is 0 Å². The highest BCUT2D eigenvalue weighted by Crippen LogP contribution is 2.37. The number of thiocarbonyl (C=S) groups is 1. The number of amides is 1. The number of unbranched alkanes of at least 4 members (excludes halogenated alkanes) is 1. The van der Waals surface area contributed by atoms with Crippen LogP contribution in [0.5, 0.6) is 5.75 Å². The maximum absolute atomic E-state index is 13.0. The van der Waals surface area contributed by atoms with Crippen molar-refractivity contribution in [2.75, 3.05) is 4.90 Å². The van der Waals surface area contributed by atoms with Crippen LogP contribution in [-0.4, -0.2) is 27.4 Å². The Balaban J connectivity index is 1.83. The number of ether oxygens (including phenoxy) is 1. The number of hydrogen-bond donors (Lipinski definition) is 1.